The van der Waals surface area contributed by atoms with Crippen molar-refractivity contribution in [2.45, 2.75) is 32.4 Å². The molecule has 0 saturated carbocycles. The molecule has 90 valence electrons. The zero-order valence-corrected chi connectivity index (χ0v) is 11.1. The van der Waals surface area contributed by atoms with Gasteiger partial charge in [-0.25, -0.2) is 14.6 Å². The summed E-state index contributed by atoms with van der Waals surface area (Å²) in [5.74, 6) is 0. The number of hydrogen-bond acceptors (Lipinski definition) is 4. The lowest BCUT2D eigenvalue weighted by Gasteiger charge is -2.22. The van der Waals surface area contributed by atoms with Crippen molar-refractivity contribution in [2.75, 3.05) is 6.61 Å². The molecule has 1 atom stereocenters. The maximum Gasteiger partial charge on any atom is 0.180 e. The molecule has 0 spiro atoms. The van der Waals surface area contributed by atoms with Crippen LogP contribution < -0.4 is 0 Å². The Labute approximate surface area is 107 Å². The van der Waals surface area contributed by atoms with Gasteiger partial charge >= 0.3 is 0 Å². The molecule has 0 radical (unpaired) electrons. The van der Waals surface area contributed by atoms with E-state index in [4.69, 9.17) is 4.74 Å². The van der Waals surface area contributed by atoms with E-state index in [1.54, 1.807) is 6.20 Å². The van der Waals surface area contributed by atoms with Gasteiger partial charge in [0.25, 0.3) is 0 Å². The molecule has 6 heteroatoms. The highest BCUT2D eigenvalue weighted by Crippen LogP contribution is 2.28. The minimum Gasteiger partial charge on any atom is -0.356 e. The monoisotopic (exact) mass is 296 g/mol. The summed E-state index contributed by atoms with van der Waals surface area (Å²) < 4.78 is 8.30. The molecule has 1 saturated heterocycles. The molecule has 2 aromatic rings. The van der Waals surface area contributed by atoms with Crippen LogP contribution in [0.1, 0.15) is 31.2 Å². The van der Waals surface area contributed by atoms with Gasteiger partial charge in [0.2, 0.25) is 0 Å². The van der Waals surface area contributed by atoms with Crippen LogP contribution in [0, 0.1) is 6.92 Å². The van der Waals surface area contributed by atoms with E-state index in [9.17, 15) is 0 Å². The van der Waals surface area contributed by atoms with Crippen LogP contribution in [0.5, 0.6) is 0 Å². The quantitative estimate of drug-likeness (QED) is 0.812. The molecule has 3 heterocycles. The fourth-order valence-corrected chi connectivity index (χ4v) is 2.52. The molecule has 0 amide bonds. The Morgan fingerprint density at radius 2 is 2.35 bits per heavy atom. The molecule has 1 unspecified atom stereocenters. The number of rotatable bonds is 1. The normalized spacial score (nSPS) is 20.9. The average Bonchev–Trinajstić information content (AvgIpc) is 2.68. The number of aryl methyl sites for hydroxylation is 1. The summed E-state index contributed by atoms with van der Waals surface area (Å²) in [5, 5.41) is 4.44. The molecule has 1 aliphatic rings. The van der Waals surface area contributed by atoms with E-state index < -0.39 is 0 Å². The second-order valence-corrected chi connectivity index (χ2v) is 4.99. The SMILES string of the molecule is Cc1cnc2c(n1)c(Br)nn2C1CCCCO1. The first kappa shape index (κ1) is 11.1. The zero-order chi connectivity index (χ0) is 11.8. The summed E-state index contributed by atoms with van der Waals surface area (Å²) in [6.07, 6.45) is 5.04. The minimum absolute atomic E-state index is 0.00504. The Morgan fingerprint density at radius 3 is 3.12 bits per heavy atom. The molecule has 0 bridgehead atoms. The van der Waals surface area contributed by atoms with E-state index in [1.807, 2.05) is 11.6 Å². The summed E-state index contributed by atoms with van der Waals surface area (Å²) in [6, 6.07) is 0. The van der Waals surface area contributed by atoms with E-state index in [0.29, 0.717) is 0 Å². The zero-order valence-electron chi connectivity index (χ0n) is 9.56. The van der Waals surface area contributed by atoms with Crippen LogP contribution in [0.3, 0.4) is 0 Å². The molecule has 3 rings (SSSR count). The molecule has 0 aromatic carbocycles. The standard InChI is InChI=1S/C11H13BrN4O/c1-7-6-13-11-9(14-7)10(12)15-16(11)8-4-2-3-5-17-8/h6,8H,2-5H2,1H3. The second-order valence-electron chi connectivity index (χ2n) is 4.24. The van der Waals surface area contributed by atoms with E-state index >= 15 is 0 Å². The Hall–Kier alpha value is -1.01. The summed E-state index contributed by atoms with van der Waals surface area (Å²) in [6.45, 7) is 2.72. The topological polar surface area (TPSA) is 52.8 Å². The van der Waals surface area contributed by atoms with Crippen LogP contribution in [-0.2, 0) is 4.74 Å². The van der Waals surface area contributed by atoms with Crippen molar-refractivity contribution in [2.24, 2.45) is 0 Å². The maximum absolute atomic E-state index is 5.73. The lowest BCUT2D eigenvalue weighted by Crippen LogP contribution is -2.19. The molecule has 1 aliphatic heterocycles. The highest BCUT2D eigenvalue weighted by Gasteiger charge is 2.21. The summed E-state index contributed by atoms with van der Waals surface area (Å²) in [4.78, 5) is 8.85. The fraction of sp³-hybridized carbons (Fsp3) is 0.545. The van der Waals surface area contributed by atoms with Crippen LogP contribution >= 0.6 is 15.9 Å². The summed E-state index contributed by atoms with van der Waals surface area (Å²) >= 11 is 3.43. The summed E-state index contributed by atoms with van der Waals surface area (Å²) in [7, 11) is 0. The number of hydrogen-bond donors (Lipinski definition) is 0. The number of ether oxygens (including phenoxy) is 1. The van der Waals surface area contributed by atoms with Crippen molar-refractivity contribution in [3.05, 3.63) is 16.5 Å². The van der Waals surface area contributed by atoms with Gasteiger partial charge in [0, 0.05) is 6.61 Å². The first-order valence-corrected chi connectivity index (χ1v) is 6.54. The Morgan fingerprint density at radius 1 is 1.47 bits per heavy atom. The van der Waals surface area contributed by atoms with Gasteiger partial charge in [-0.1, -0.05) is 0 Å². The van der Waals surface area contributed by atoms with Crippen LogP contribution in [0.15, 0.2) is 10.8 Å². The van der Waals surface area contributed by atoms with Gasteiger partial charge in [-0.2, -0.15) is 5.10 Å². The minimum atomic E-state index is -0.00504. The lowest BCUT2D eigenvalue weighted by atomic mass is 10.2. The fourth-order valence-electron chi connectivity index (χ4n) is 2.08. The highest BCUT2D eigenvalue weighted by molar-refractivity contribution is 9.10. The lowest BCUT2D eigenvalue weighted by molar-refractivity contribution is -0.0371. The van der Waals surface area contributed by atoms with Gasteiger partial charge in [0.1, 0.15) is 5.52 Å². The maximum atomic E-state index is 5.73. The van der Waals surface area contributed by atoms with Gasteiger partial charge < -0.3 is 4.74 Å². The van der Waals surface area contributed by atoms with Crippen molar-refractivity contribution >= 4 is 27.1 Å². The van der Waals surface area contributed by atoms with Crippen molar-refractivity contribution in [3.63, 3.8) is 0 Å². The van der Waals surface area contributed by atoms with E-state index in [2.05, 4.69) is 31.0 Å². The first-order valence-electron chi connectivity index (χ1n) is 5.74. The second kappa shape index (κ2) is 4.34. The third-order valence-corrected chi connectivity index (χ3v) is 3.44. The van der Waals surface area contributed by atoms with Crippen molar-refractivity contribution in [1.82, 2.24) is 19.7 Å². The molecule has 2 aromatic heterocycles. The summed E-state index contributed by atoms with van der Waals surface area (Å²) in [5.41, 5.74) is 2.48. The first-order chi connectivity index (χ1) is 8.25. The number of fused-ring (bicyclic) bond motifs is 1. The van der Waals surface area contributed by atoms with E-state index in [-0.39, 0.29) is 6.23 Å². The molecule has 5 nitrogen and oxygen atoms in total. The van der Waals surface area contributed by atoms with Crippen LogP contribution in [0.25, 0.3) is 11.2 Å². The van der Waals surface area contributed by atoms with Crippen LogP contribution in [0.4, 0.5) is 0 Å². The average molecular weight is 297 g/mol. The third kappa shape index (κ3) is 1.95. The molecule has 17 heavy (non-hydrogen) atoms. The number of halogens is 1. The van der Waals surface area contributed by atoms with Gasteiger partial charge in [-0.3, -0.25) is 0 Å². The van der Waals surface area contributed by atoms with Gasteiger partial charge in [-0.05, 0) is 42.1 Å². The Balaban J connectivity index is 2.10. The van der Waals surface area contributed by atoms with E-state index in [0.717, 1.165) is 40.9 Å². The molecular formula is C11H13BrN4O. The Bertz CT molecular complexity index is 548. The van der Waals surface area contributed by atoms with Crippen LogP contribution in [0.2, 0.25) is 0 Å². The van der Waals surface area contributed by atoms with E-state index in [1.165, 1.54) is 6.42 Å². The molecule has 0 aliphatic carbocycles. The third-order valence-electron chi connectivity index (χ3n) is 2.91. The predicted molar refractivity (Wildman–Crippen MR) is 66.6 cm³/mol. The van der Waals surface area contributed by atoms with Gasteiger partial charge in [-0.15, -0.1) is 0 Å². The van der Waals surface area contributed by atoms with Crippen LogP contribution in [-0.4, -0.2) is 26.4 Å². The number of nitrogens with zero attached hydrogens (tertiary/aromatic N) is 4. The van der Waals surface area contributed by atoms with Crippen molar-refractivity contribution < 1.29 is 4.74 Å². The van der Waals surface area contributed by atoms with Crippen molar-refractivity contribution in [3.8, 4) is 0 Å². The highest BCUT2D eigenvalue weighted by atomic mass is 79.9. The number of aromatic nitrogens is 4. The van der Waals surface area contributed by atoms with Gasteiger partial charge in [0.15, 0.2) is 16.5 Å². The smallest absolute Gasteiger partial charge is 0.180 e. The predicted octanol–water partition coefficient (Wildman–Crippen LogP) is 2.60. The molecule has 1 fully saturated rings. The van der Waals surface area contributed by atoms with Crippen molar-refractivity contribution in [1.29, 1.82) is 0 Å². The molecular weight excluding hydrogens is 284 g/mol. The van der Waals surface area contributed by atoms with Gasteiger partial charge in [0.05, 0.1) is 11.9 Å². The molecule has 0 N–H and O–H groups in total. The Kier molecular flexibility index (Phi) is 2.84. The largest absolute Gasteiger partial charge is 0.356 e.